The molecule has 2 heterocycles. The average molecular weight is 253 g/mol. The summed E-state index contributed by atoms with van der Waals surface area (Å²) in [6, 6.07) is 0.600. The van der Waals surface area contributed by atoms with Crippen molar-refractivity contribution in [2.45, 2.75) is 33.7 Å². The van der Waals surface area contributed by atoms with Crippen molar-refractivity contribution in [3.05, 3.63) is 0 Å². The molecule has 4 heteroatoms. The highest BCUT2D eigenvalue weighted by molar-refractivity contribution is 5.80. The third-order valence-electron chi connectivity index (χ3n) is 4.51. The lowest BCUT2D eigenvalue weighted by Gasteiger charge is -2.48. The molecule has 0 aromatic heterocycles. The number of piperazine rings is 1. The highest BCUT2D eigenvalue weighted by atomic mass is 16.2. The van der Waals surface area contributed by atoms with E-state index in [0.29, 0.717) is 11.9 Å². The summed E-state index contributed by atoms with van der Waals surface area (Å²) in [5.41, 5.74) is 0.0667. The molecule has 104 valence electrons. The van der Waals surface area contributed by atoms with E-state index in [1.807, 2.05) is 4.90 Å². The number of rotatable bonds is 2. The third-order valence-corrected chi connectivity index (χ3v) is 4.51. The zero-order valence-electron chi connectivity index (χ0n) is 12.2. The van der Waals surface area contributed by atoms with Crippen LogP contribution in [0.5, 0.6) is 0 Å². The number of likely N-dealkylation sites (tertiary alicyclic amines) is 1. The molecule has 2 aliphatic rings. The van der Waals surface area contributed by atoms with Gasteiger partial charge in [0.2, 0.25) is 5.91 Å². The number of hydrogen-bond donors (Lipinski definition) is 1. The molecule has 0 spiro atoms. The molecule has 4 nitrogen and oxygen atoms in total. The zero-order valence-corrected chi connectivity index (χ0v) is 12.2. The number of hydrogen-bond acceptors (Lipinski definition) is 3. The molecule has 2 saturated heterocycles. The van der Waals surface area contributed by atoms with Crippen LogP contribution in [0.4, 0.5) is 0 Å². The Labute approximate surface area is 111 Å². The fraction of sp³-hybridized carbons (Fsp3) is 0.929. The topological polar surface area (TPSA) is 35.6 Å². The fourth-order valence-corrected chi connectivity index (χ4v) is 2.56. The summed E-state index contributed by atoms with van der Waals surface area (Å²) in [4.78, 5) is 16.8. The number of carbonyl (C=O) groups excluding carboxylic acids is 1. The highest BCUT2D eigenvalue weighted by Gasteiger charge is 2.39. The highest BCUT2D eigenvalue weighted by Crippen LogP contribution is 2.29. The molecule has 1 atom stereocenters. The van der Waals surface area contributed by atoms with Gasteiger partial charge in [0.1, 0.15) is 0 Å². The van der Waals surface area contributed by atoms with E-state index in [1.54, 1.807) is 0 Å². The van der Waals surface area contributed by atoms with E-state index in [9.17, 15) is 4.79 Å². The minimum atomic E-state index is 0.0667. The lowest BCUT2D eigenvalue weighted by Crippen LogP contribution is -2.65. The molecule has 0 radical (unpaired) electrons. The first-order valence-corrected chi connectivity index (χ1v) is 7.13. The summed E-state index contributed by atoms with van der Waals surface area (Å²) in [5.74, 6) is 0.440. The van der Waals surface area contributed by atoms with Gasteiger partial charge in [-0.2, -0.15) is 0 Å². The van der Waals surface area contributed by atoms with E-state index < -0.39 is 0 Å². The van der Waals surface area contributed by atoms with Crippen LogP contribution in [-0.2, 0) is 4.79 Å². The van der Waals surface area contributed by atoms with Gasteiger partial charge in [0, 0.05) is 51.2 Å². The Hall–Kier alpha value is -0.610. The van der Waals surface area contributed by atoms with Crippen molar-refractivity contribution in [3.63, 3.8) is 0 Å². The van der Waals surface area contributed by atoms with Gasteiger partial charge in [-0.1, -0.05) is 27.7 Å². The van der Waals surface area contributed by atoms with E-state index in [-0.39, 0.29) is 11.3 Å². The second-order valence-electron chi connectivity index (χ2n) is 6.77. The van der Waals surface area contributed by atoms with Crippen molar-refractivity contribution in [1.29, 1.82) is 0 Å². The van der Waals surface area contributed by atoms with Gasteiger partial charge in [-0.05, 0) is 5.41 Å². The molecule has 18 heavy (non-hydrogen) atoms. The van der Waals surface area contributed by atoms with Gasteiger partial charge in [-0.15, -0.1) is 0 Å². The van der Waals surface area contributed by atoms with Gasteiger partial charge in [0.25, 0.3) is 0 Å². The summed E-state index contributed by atoms with van der Waals surface area (Å²) in [6.07, 6.45) is 0. The Morgan fingerprint density at radius 3 is 2.28 bits per heavy atom. The number of carbonyl (C=O) groups is 1. The first kappa shape index (κ1) is 13.8. The van der Waals surface area contributed by atoms with Crippen molar-refractivity contribution in [2.75, 3.05) is 39.3 Å². The van der Waals surface area contributed by atoms with Gasteiger partial charge in [0.15, 0.2) is 0 Å². The largest absolute Gasteiger partial charge is 0.339 e. The maximum atomic E-state index is 12.3. The predicted molar refractivity (Wildman–Crippen MR) is 73.4 cm³/mol. The molecule has 1 amide bonds. The zero-order chi connectivity index (χ0) is 13.3. The van der Waals surface area contributed by atoms with Crippen molar-refractivity contribution < 1.29 is 4.79 Å². The standard InChI is InChI=1S/C14H27N3O/c1-11(14(2,3)4)13(18)17-9-12(10-17)16-7-5-15-6-8-16/h11-12,15H,5-10H2,1-4H3. The Morgan fingerprint density at radius 2 is 1.78 bits per heavy atom. The van der Waals surface area contributed by atoms with Crippen LogP contribution in [0.25, 0.3) is 0 Å². The molecular weight excluding hydrogens is 226 g/mol. The first-order chi connectivity index (χ1) is 8.39. The van der Waals surface area contributed by atoms with Gasteiger partial charge in [-0.3, -0.25) is 9.69 Å². The van der Waals surface area contributed by atoms with E-state index in [1.165, 1.54) is 0 Å². The Bertz CT molecular complexity index is 299. The minimum absolute atomic E-state index is 0.0667. The van der Waals surface area contributed by atoms with E-state index in [4.69, 9.17) is 0 Å². The van der Waals surface area contributed by atoms with E-state index in [2.05, 4.69) is 37.9 Å². The summed E-state index contributed by atoms with van der Waals surface area (Å²) in [7, 11) is 0. The molecule has 0 aromatic carbocycles. The van der Waals surface area contributed by atoms with Crippen LogP contribution in [0.3, 0.4) is 0 Å². The Morgan fingerprint density at radius 1 is 1.22 bits per heavy atom. The van der Waals surface area contributed by atoms with Crippen LogP contribution in [0.15, 0.2) is 0 Å². The SMILES string of the molecule is CC(C(=O)N1CC(N2CCNCC2)C1)C(C)(C)C. The number of amides is 1. The molecule has 0 saturated carbocycles. The van der Waals surface area contributed by atoms with Crippen molar-refractivity contribution >= 4 is 5.91 Å². The summed E-state index contributed by atoms with van der Waals surface area (Å²) < 4.78 is 0. The summed E-state index contributed by atoms with van der Waals surface area (Å²) in [5, 5.41) is 3.37. The van der Waals surface area contributed by atoms with E-state index in [0.717, 1.165) is 39.3 Å². The third kappa shape index (κ3) is 2.86. The second-order valence-corrected chi connectivity index (χ2v) is 6.77. The van der Waals surface area contributed by atoms with E-state index >= 15 is 0 Å². The molecule has 1 unspecified atom stereocenters. The maximum Gasteiger partial charge on any atom is 0.226 e. The predicted octanol–water partition coefficient (Wildman–Crippen LogP) is 0.785. The Balaban J connectivity index is 1.79. The van der Waals surface area contributed by atoms with Gasteiger partial charge < -0.3 is 10.2 Å². The smallest absolute Gasteiger partial charge is 0.226 e. The lowest BCUT2D eigenvalue weighted by molar-refractivity contribution is -0.146. The molecule has 2 rings (SSSR count). The van der Waals surface area contributed by atoms with Crippen LogP contribution < -0.4 is 5.32 Å². The van der Waals surface area contributed by atoms with Crippen molar-refractivity contribution in [2.24, 2.45) is 11.3 Å². The van der Waals surface area contributed by atoms with Gasteiger partial charge in [-0.25, -0.2) is 0 Å². The van der Waals surface area contributed by atoms with Gasteiger partial charge in [0.05, 0.1) is 0 Å². The maximum absolute atomic E-state index is 12.3. The summed E-state index contributed by atoms with van der Waals surface area (Å²) in [6.45, 7) is 14.8. The van der Waals surface area contributed by atoms with Crippen LogP contribution in [0, 0.1) is 11.3 Å². The van der Waals surface area contributed by atoms with Crippen molar-refractivity contribution in [1.82, 2.24) is 15.1 Å². The van der Waals surface area contributed by atoms with Crippen LogP contribution in [-0.4, -0.2) is 61.0 Å². The number of nitrogens with one attached hydrogen (secondary N) is 1. The molecule has 0 aromatic rings. The van der Waals surface area contributed by atoms with Crippen LogP contribution >= 0.6 is 0 Å². The first-order valence-electron chi connectivity index (χ1n) is 7.13. The van der Waals surface area contributed by atoms with Crippen molar-refractivity contribution in [3.8, 4) is 0 Å². The molecule has 2 fully saturated rings. The van der Waals surface area contributed by atoms with Crippen LogP contribution in [0.2, 0.25) is 0 Å². The normalized spacial score (nSPS) is 24.8. The molecular formula is C14H27N3O. The monoisotopic (exact) mass is 253 g/mol. The van der Waals surface area contributed by atoms with Crippen LogP contribution in [0.1, 0.15) is 27.7 Å². The number of nitrogens with zero attached hydrogens (tertiary/aromatic N) is 2. The van der Waals surface area contributed by atoms with Gasteiger partial charge >= 0.3 is 0 Å². The second kappa shape index (κ2) is 5.17. The average Bonchev–Trinajstić information content (AvgIpc) is 2.26. The fourth-order valence-electron chi connectivity index (χ4n) is 2.56. The Kier molecular flexibility index (Phi) is 3.97. The quantitative estimate of drug-likeness (QED) is 0.790. The molecule has 0 aliphatic carbocycles. The minimum Gasteiger partial charge on any atom is -0.339 e. The summed E-state index contributed by atoms with van der Waals surface area (Å²) >= 11 is 0. The lowest BCUT2D eigenvalue weighted by atomic mass is 9.80. The molecule has 1 N–H and O–H groups in total. The molecule has 2 aliphatic heterocycles. The molecule has 0 bridgehead atoms.